The quantitative estimate of drug-likeness (QED) is 0.791. The number of halogens is 1. The van der Waals surface area contributed by atoms with Crippen LogP contribution in [0.5, 0.6) is 11.6 Å². The molecule has 1 aromatic heterocycles. The highest BCUT2D eigenvalue weighted by Crippen LogP contribution is 2.15. The summed E-state index contributed by atoms with van der Waals surface area (Å²) in [7, 11) is 1.87. The van der Waals surface area contributed by atoms with Crippen molar-refractivity contribution >= 4 is 12.4 Å². The first-order valence-electron chi connectivity index (χ1n) is 5.79. The number of nitrogens with one attached hydrogen (secondary N) is 1. The number of hydrogen-bond acceptors (Lipinski definition) is 5. The topological polar surface area (TPSA) is 56.5 Å². The highest BCUT2D eigenvalue weighted by molar-refractivity contribution is 5.85. The third-order valence-corrected chi connectivity index (χ3v) is 2.26. The molecule has 0 atom stereocenters. The monoisotopic (exact) mass is 284 g/mol. The summed E-state index contributed by atoms with van der Waals surface area (Å²) in [4.78, 5) is 0. The molecule has 1 N–H and O–H groups in total. The lowest BCUT2D eigenvalue weighted by Crippen LogP contribution is -2.15. The van der Waals surface area contributed by atoms with Gasteiger partial charge in [-0.2, -0.15) is 0 Å². The molecule has 0 saturated carbocycles. The molecule has 5 nitrogen and oxygen atoms in total. The maximum atomic E-state index is 5.53. The van der Waals surface area contributed by atoms with Gasteiger partial charge in [-0.05, 0) is 24.3 Å². The van der Waals surface area contributed by atoms with Gasteiger partial charge in [0.05, 0.1) is 0 Å². The van der Waals surface area contributed by atoms with E-state index in [-0.39, 0.29) is 12.4 Å². The van der Waals surface area contributed by atoms with Gasteiger partial charge in [0.1, 0.15) is 19.0 Å². The van der Waals surface area contributed by atoms with Crippen LogP contribution in [0.1, 0.15) is 5.76 Å². The second-order valence-electron chi connectivity index (χ2n) is 3.69. The summed E-state index contributed by atoms with van der Waals surface area (Å²) in [5, 5.41) is 6.78. The minimum absolute atomic E-state index is 0. The molecule has 0 aliphatic rings. The first kappa shape index (κ1) is 15.3. The van der Waals surface area contributed by atoms with Crippen molar-refractivity contribution in [1.29, 1.82) is 0 Å². The Bertz CT molecular complexity index is 462. The fourth-order valence-electron chi connectivity index (χ4n) is 1.36. The van der Waals surface area contributed by atoms with Crippen LogP contribution in [0.2, 0.25) is 0 Å². The Labute approximate surface area is 118 Å². The van der Waals surface area contributed by atoms with Crippen LogP contribution >= 0.6 is 12.4 Å². The molecule has 0 fully saturated rings. The molecule has 0 spiro atoms. The van der Waals surface area contributed by atoms with Gasteiger partial charge in [-0.15, -0.1) is 12.4 Å². The molecule has 19 heavy (non-hydrogen) atoms. The van der Waals surface area contributed by atoms with Crippen LogP contribution in [0.3, 0.4) is 0 Å². The number of likely N-dealkylation sites (N-methyl/N-ethyl adjacent to an activating group) is 1. The highest BCUT2D eigenvalue weighted by atomic mass is 35.5. The van der Waals surface area contributed by atoms with E-state index in [1.807, 2.05) is 37.4 Å². The van der Waals surface area contributed by atoms with E-state index in [2.05, 4.69) is 10.5 Å². The zero-order valence-corrected chi connectivity index (χ0v) is 11.5. The van der Waals surface area contributed by atoms with E-state index in [1.165, 1.54) is 0 Å². The normalized spacial score (nSPS) is 9.74. The zero-order valence-electron chi connectivity index (χ0n) is 10.7. The van der Waals surface area contributed by atoms with E-state index in [0.29, 0.717) is 24.9 Å². The molecule has 104 valence electrons. The van der Waals surface area contributed by atoms with Crippen LogP contribution in [0.25, 0.3) is 0 Å². The first-order valence-corrected chi connectivity index (χ1v) is 5.79. The standard InChI is InChI=1S/C13H16N2O3.ClH/c1-14-7-8-16-13-9-12(18-15-13)10-17-11-5-3-2-4-6-11;/h2-6,9,14H,7-8,10H2,1H3;1H. The van der Waals surface area contributed by atoms with Crippen molar-refractivity contribution in [2.45, 2.75) is 6.61 Å². The molecule has 0 aliphatic carbocycles. The molecule has 0 radical (unpaired) electrons. The molecular weight excluding hydrogens is 268 g/mol. The van der Waals surface area contributed by atoms with Gasteiger partial charge >= 0.3 is 0 Å². The summed E-state index contributed by atoms with van der Waals surface area (Å²) in [6.07, 6.45) is 0. The van der Waals surface area contributed by atoms with E-state index in [4.69, 9.17) is 14.0 Å². The van der Waals surface area contributed by atoms with Gasteiger partial charge < -0.3 is 19.3 Å². The molecule has 0 saturated heterocycles. The lowest BCUT2D eigenvalue weighted by Gasteiger charge is -2.01. The van der Waals surface area contributed by atoms with Crippen molar-refractivity contribution in [2.24, 2.45) is 0 Å². The smallest absolute Gasteiger partial charge is 0.254 e. The van der Waals surface area contributed by atoms with E-state index in [1.54, 1.807) is 6.07 Å². The third-order valence-electron chi connectivity index (χ3n) is 2.26. The van der Waals surface area contributed by atoms with Crippen molar-refractivity contribution in [2.75, 3.05) is 20.2 Å². The lowest BCUT2D eigenvalue weighted by molar-refractivity contribution is 0.238. The van der Waals surface area contributed by atoms with Gasteiger partial charge in [0.2, 0.25) is 0 Å². The van der Waals surface area contributed by atoms with Gasteiger partial charge in [-0.1, -0.05) is 18.2 Å². The maximum Gasteiger partial charge on any atom is 0.254 e. The Balaban J connectivity index is 0.00000180. The molecular formula is C13H17ClN2O3. The fourth-order valence-corrected chi connectivity index (χ4v) is 1.36. The van der Waals surface area contributed by atoms with Crippen molar-refractivity contribution in [3.63, 3.8) is 0 Å². The van der Waals surface area contributed by atoms with E-state index in [0.717, 1.165) is 12.3 Å². The summed E-state index contributed by atoms with van der Waals surface area (Å²) in [5.41, 5.74) is 0. The third kappa shape index (κ3) is 5.19. The Morgan fingerprint density at radius 2 is 2.00 bits per heavy atom. The van der Waals surface area contributed by atoms with Crippen molar-refractivity contribution in [3.8, 4) is 11.6 Å². The summed E-state index contributed by atoms with van der Waals surface area (Å²) in [6, 6.07) is 11.3. The molecule has 0 bridgehead atoms. The molecule has 0 amide bonds. The molecule has 0 aliphatic heterocycles. The minimum atomic E-state index is 0. The van der Waals surface area contributed by atoms with Crippen LogP contribution in [0, 0.1) is 0 Å². The number of nitrogens with zero attached hydrogens (tertiary/aromatic N) is 1. The Morgan fingerprint density at radius 1 is 1.21 bits per heavy atom. The maximum absolute atomic E-state index is 5.53. The summed E-state index contributed by atoms with van der Waals surface area (Å²) in [5.74, 6) is 1.92. The van der Waals surface area contributed by atoms with Crippen molar-refractivity contribution < 1.29 is 14.0 Å². The average Bonchev–Trinajstić information content (AvgIpc) is 2.86. The molecule has 1 heterocycles. The summed E-state index contributed by atoms with van der Waals surface area (Å²) < 4.78 is 16.0. The van der Waals surface area contributed by atoms with Crippen LogP contribution in [0.15, 0.2) is 40.9 Å². The van der Waals surface area contributed by atoms with Gasteiger partial charge in [0, 0.05) is 12.6 Å². The summed E-state index contributed by atoms with van der Waals surface area (Å²) >= 11 is 0. The van der Waals surface area contributed by atoms with E-state index >= 15 is 0 Å². The molecule has 1 aromatic carbocycles. The lowest BCUT2D eigenvalue weighted by atomic mass is 10.3. The largest absolute Gasteiger partial charge is 0.486 e. The van der Waals surface area contributed by atoms with Gasteiger partial charge in [-0.3, -0.25) is 0 Å². The van der Waals surface area contributed by atoms with E-state index in [9.17, 15) is 0 Å². The predicted octanol–water partition coefficient (Wildman–Crippen LogP) is 2.27. The molecule has 2 rings (SSSR count). The SMILES string of the molecule is CNCCOc1cc(COc2ccccc2)on1.Cl. The van der Waals surface area contributed by atoms with Crippen LogP contribution in [-0.4, -0.2) is 25.4 Å². The summed E-state index contributed by atoms with van der Waals surface area (Å²) in [6.45, 7) is 1.66. The zero-order chi connectivity index (χ0) is 12.6. The predicted molar refractivity (Wildman–Crippen MR) is 73.9 cm³/mol. The second kappa shape index (κ2) is 8.39. The number of rotatable bonds is 7. The van der Waals surface area contributed by atoms with Crippen LogP contribution in [-0.2, 0) is 6.61 Å². The number of para-hydroxylation sites is 1. The van der Waals surface area contributed by atoms with Crippen LogP contribution in [0.4, 0.5) is 0 Å². The van der Waals surface area contributed by atoms with Crippen LogP contribution < -0.4 is 14.8 Å². The number of aromatic nitrogens is 1. The molecule has 6 heteroatoms. The van der Waals surface area contributed by atoms with Crippen molar-refractivity contribution in [3.05, 3.63) is 42.2 Å². The fraction of sp³-hybridized carbons (Fsp3) is 0.308. The number of hydrogen-bond donors (Lipinski definition) is 1. The Kier molecular flexibility index (Phi) is 6.78. The Hall–Kier alpha value is -1.72. The second-order valence-corrected chi connectivity index (χ2v) is 3.69. The minimum Gasteiger partial charge on any atom is -0.486 e. The first-order chi connectivity index (χ1) is 8.88. The number of ether oxygens (including phenoxy) is 2. The van der Waals surface area contributed by atoms with Gasteiger partial charge in [-0.25, -0.2) is 0 Å². The average molecular weight is 285 g/mol. The van der Waals surface area contributed by atoms with Gasteiger partial charge in [0.25, 0.3) is 5.88 Å². The molecule has 2 aromatic rings. The number of benzene rings is 1. The Morgan fingerprint density at radius 3 is 2.74 bits per heavy atom. The highest BCUT2D eigenvalue weighted by Gasteiger charge is 2.05. The van der Waals surface area contributed by atoms with Gasteiger partial charge in [0.15, 0.2) is 5.76 Å². The van der Waals surface area contributed by atoms with E-state index < -0.39 is 0 Å². The van der Waals surface area contributed by atoms with Crippen molar-refractivity contribution in [1.82, 2.24) is 10.5 Å². The molecule has 0 unspecified atom stereocenters.